The highest BCUT2D eigenvalue weighted by Crippen LogP contribution is 2.26. The van der Waals surface area contributed by atoms with Gasteiger partial charge in [0, 0.05) is 6.42 Å². The van der Waals surface area contributed by atoms with E-state index in [0.29, 0.717) is 6.42 Å². The highest BCUT2D eigenvalue weighted by atomic mass is 16.6. The Kier molecular flexibility index (Phi) is 5.14. The molecule has 0 saturated carbocycles. The summed E-state index contributed by atoms with van der Waals surface area (Å²) in [4.78, 5) is 36.6. The van der Waals surface area contributed by atoms with Crippen LogP contribution in [0.1, 0.15) is 40.5 Å². The van der Waals surface area contributed by atoms with E-state index in [9.17, 15) is 14.4 Å². The van der Waals surface area contributed by atoms with E-state index in [4.69, 9.17) is 9.47 Å². The van der Waals surface area contributed by atoms with Crippen LogP contribution in [0.4, 0.5) is 4.79 Å². The Morgan fingerprint density at radius 1 is 1.45 bits per heavy atom. The second-order valence-corrected chi connectivity index (χ2v) is 6.03. The lowest BCUT2D eigenvalue weighted by molar-refractivity contribution is -0.151. The van der Waals surface area contributed by atoms with Gasteiger partial charge in [-0.3, -0.25) is 9.59 Å². The first-order valence-corrected chi connectivity index (χ1v) is 6.78. The Morgan fingerprint density at radius 2 is 2.05 bits per heavy atom. The molecule has 0 spiro atoms. The molecule has 1 rings (SSSR count). The van der Waals surface area contributed by atoms with Crippen molar-refractivity contribution in [3.8, 4) is 0 Å². The van der Waals surface area contributed by atoms with Gasteiger partial charge in [0.2, 0.25) is 5.91 Å². The van der Waals surface area contributed by atoms with Crippen LogP contribution >= 0.6 is 0 Å². The van der Waals surface area contributed by atoms with Crippen LogP contribution in [0.2, 0.25) is 0 Å². The van der Waals surface area contributed by atoms with Crippen LogP contribution < -0.4 is 0 Å². The number of nitrogens with zero attached hydrogens (tertiary/aromatic N) is 1. The SMILES string of the molecule is COC(=O)C(C)(C)CCC(=O)N1C(=O)OC[C@@H]1C(C)C. The molecule has 0 aromatic heterocycles. The van der Waals surface area contributed by atoms with Crippen LogP contribution in [0.15, 0.2) is 0 Å². The predicted molar refractivity (Wildman–Crippen MR) is 71.9 cm³/mol. The Bertz CT molecular complexity index is 402. The molecule has 114 valence electrons. The van der Waals surface area contributed by atoms with Crippen LogP contribution in [0.25, 0.3) is 0 Å². The number of cyclic esters (lactones) is 1. The molecule has 2 amide bonds. The normalized spacial score (nSPS) is 19.2. The molecule has 1 aliphatic heterocycles. The number of carbonyl (C=O) groups is 3. The molecule has 0 radical (unpaired) electrons. The van der Waals surface area contributed by atoms with Crippen LogP contribution in [0, 0.1) is 11.3 Å². The van der Waals surface area contributed by atoms with Gasteiger partial charge in [-0.25, -0.2) is 9.69 Å². The first-order chi connectivity index (χ1) is 9.20. The van der Waals surface area contributed by atoms with Gasteiger partial charge in [0.05, 0.1) is 18.6 Å². The Labute approximate surface area is 119 Å². The number of imide groups is 1. The number of ether oxygens (including phenoxy) is 2. The molecule has 0 aromatic rings. The number of hydrogen-bond donors (Lipinski definition) is 0. The van der Waals surface area contributed by atoms with Crippen molar-refractivity contribution < 1.29 is 23.9 Å². The summed E-state index contributed by atoms with van der Waals surface area (Å²) in [6.07, 6.45) is -0.155. The topological polar surface area (TPSA) is 72.9 Å². The van der Waals surface area contributed by atoms with Gasteiger partial charge in [-0.2, -0.15) is 0 Å². The van der Waals surface area contributed by atoms with Crippen molar-refractivity contribution in [3.05, 3.63) is 0 Å². The van der Waals surface area contributed by atoms with Crippen molar-refractivity contribution >= 4 is 18.0 Å². The fraction of sp³-hybridized carbons (Fsp3) is 0.786. The van der Waals surface area contributed by atoms with Gasteiger partial charge in [-0.05, 0) is 26.2 Å². The molecule has 1 aliphatic rings. The predicted octanol–water partition coefficient (Wildman–Crippen LogP) is 1.97. The molecule has 6 heteroatoms. The minimum Gasteiger partial charge on any atom is -0.469 e. The molecule has 0 aliphatic carbocycles. The molecule has 1 heterocycles. The maximum absolute atomic E-state index is 12.2. The zero-order valence-corrected chi connectivity index (χ0v) is 12.8. The molecule has 20 heavy (non-hydrogen) atoms. The number of rotatable bonds is 5. The number of methoxy groups -OCH3 is 1. The average Bonchev–Trinajstić information content (AvgIpc) is 2.77. The number of carbonyl (C=O) groups excluding carboxylic acids is 3. The summed E-state index contributed by atoms with van der Waals surface area (Å²) in [7, 11) is 1.32. The number of esters is 1. The summed E-state index contributed by atoms with van der Waals surface area (Å²) in [5.74, 6) is -0.531. The summed E-state index contributed by atoms with van der Waals surface area (Å²) < 4.78 is 9.63. The molecule has 1 saturated heterocycles. The van der Waals surface area contributed by atoms with E-state index in [0.717, 1.165) is 0 Å². The third-order valence-corrected chi connectivity index (χ3v) is 3.65. The van der Waals surface area contributed by atoms with Gasteiger partial charge in [0.25, 0.3) is 0 Å². The van der Waals surface area contributed by atoms with Crippen molar-refractivity contribution in [3.63, 3.8) is 0 Å². The molecule has 6 nitrogen and oxygen atoms in total. The van der Waals surface area contributed by atoms with Crippen molar-refractivity contribution in [2.75, 3.05) is 13.7 Å². The van der Waals surface area contributed by atoms with Crippen LogP contribution in [0.5, 0.6) is 0 Å². The Hall–Kier alpha value is -1.59. The highest BCUT2D eigenvalue weighted by molar-refractivity contribution is 5.93. The van der Waals surface area contributed by atoms with Gasteiger partial charge in [0.1, 0.15) is 6.61 Å². The smallest absolute Gasteiger partial charge is 0.416 e. The first-order valence-electron chi connectivity index (χ1n) is 6.78. The second kappa shape index (κ2) is 6.24. The summed E-state index contributed by atoms with van der Waals surface area (Å²) in [6, 6.07) is -0.226. The molecule has 1 fully saturated rings. The van der Waals surface area contributed by atoms with Gasteiger partial charge >= 0.3 is 12.1 Å². The van der Waals surface area contributed by atoms with Crippen molar-refractivity contribution in [1.82, 2.24) is 4.90 Å². The second-order valence-electron chi connectivity index (χ2n) is 6.03. The Morgan fingerprint density at radius 3 is 2.55 bits per heavy atom. The van der Waals surface area contributed by atoms with E-state index in [1.54, 1.807) is 13.8 Å². The Balaban J connectivity index is 2.66. The van der Waals surface area contributed by atoms with Crippen LogP contribution in [0.3, 0.4) is 0 Å². The third-order valence-electron chi connectivity index (χ3n) is 3.65. The molecule has 0 bridgehead atoms. The van der Waals surface area contributed by atoms with Crippen LogP contribution in [-0.2, 0) is 19.1 Å². The molecule has 0 aromatic carbocycles. The summed E-state index contributed by atoms with van der Waals surface area (Å²) in [6.45, 7) is 7.54. The quantitative estimate of drug-likeness (QED) is 0.722. The summed E-state index contributed by atoms with van der Waals surface area (Å²) in [5, 5.41) is 0. The molecular formula is C14H23NO5. The van der Waals surface area contributed by atoms with Crippen molar-refractivity contribution in [2.45, 2.75) is 46.6 Å². The summed E-state index contributed by atoms with van der Waals surface area (Å²) >= 11 is 0. The zero-order chi connectivity index (χ0) is 15.5. The van der Waals surface area contributed by atoms with E-state index >= 15 is 0 Å². The summed E-state index contributed by atoms with van der Waals surface area (Å²) in [5.41, 5.74) is -0.749. The minimum absolute atomic E-state index is 0.112. The van der Waals surface area contributed by atoms with E-state index in [-0.39, 0.29) is 36.9 Å². The van der Waals surface area contributed by atoms with E-state index in [2.05, 4.69) is 0 Å². The van der Waals surface area contributed by atoms with Crippen molar-refractivity contribution in [1.29, 1.82) is 0 Å². The molecule has 0 unspecified atom stereocenters. The van der Waals surface area contributed by atoms with Gasteiger partial charge in [-0.15, -0.1) is 0 Å². The minimum atomic E-state index is -0.749. The fourth-order valence-corrected chi connectivity index (χ4v) is 2.13. The monoisotopic (exact) mass is 285 g/mol. The molecule has 0 N–H and O–H groups in total. The van der Waals surface area contributed by atoms with Gasteiger partial charge in [-0.1, -0.05) is 13.8 Å². The maximum atomic E-state index is 12.2. The lowest BCUT2D eigenvalue weighted by Crippen LogP contribution is -2.42. The standard InChI is InChI=1S/C14H23NO5/c1-9(2)10-8-20-13(18)15(10)11(16)6-7-14(3,4)12(17)19-5/h9-10H,6-8H2,1-5H3/t10-/m1/s1. The highest BCUT2D eigenvalue weighted by Gasteiger charge is 2.40. The lowest BCUT2D eigenvalue weighted by Gasteiger charge is -2.25. The average molecular weight is 285 g/mol. The lowest BCUT2D eigenvalue weighted by atomic mass is 9.87. The third kappa shape index (κ3) is 3.49. The number of hydrogen-bond acceptors (Lipinski definition) is 5. The van der Waals surface area contributed by atoms with E-state index in [1.165, 1.54) is 12.0 Å². The zero-order valence-electron chi connectivity index (χ0n) is 12.8. The van der Waals surface area contributed by atoms with Crippen LogP contribution in [-0.4, -0.2) is 42.6 Å². The largest absolute Gasteiger partial charge is 0.469 e. The maximum Gasteiger partial charge on any atom is 0.416 e. The van der Waals surface area contributed by atoms with Gasteiger partial charge in [0.15, 0.2) is 0 Å². The first kappa shape index (κ1) is 16.5. The van der Waals surface area contributed by atoms with E-state index in [1.807, 2.05) is 13.8 Å². The van der Waals surface area contributed by atoms with Gasteiger partial charge < -0.3 is 9.47 Å². The van der Waals surface area contributed by atoms with E-state index < -0.39 is 11.5 Å². The molecular weight excluding hydrogens is 262 g/mol. The fourth-order valence-electron chi connectivity index (χ4n) is 2.13. The number of amides is 2. The molecule has 1 atom stereocenters. The van der Waals surface area contributed by atoms with Crippen molar-refractivity contribution in [2.24, 2.45) is 11.3 Å².